The van der Waals surface area contributed by atoms with Gasteiger partial charge in [0.2, 0.25) is 5.75 Å². The predicted molar refractivity (Wildman–Crippen MR) is 114 cm³/mol. The summed E-state index contributed by atoms with van der Waals surface area (Å²) in [6, 6.07) is 8.43. The van der Waals surface area contributed by atoms with Crippen molar-refractivity contribution in [2.24, 2.45) is 0 Å². The molecule has 2 aromatic rings. The molecule has 8 nitrogen and oxygen atoms in total. The molecule has 1 unspecified atom stereocenters. The van der Waals surface area contributed by atoms with Crippen LogP contribution in [-0.2, 0) is 9.59 Å². The summed E-state index contributed by atoms with van der Waals surface area (Å²) in [4.78, 5) is 26.8. The summed E-state index contributed by atoms with van der Waals surface area (Å²) >= 11 is 5.92. The van der Waals surface area contributed by atoms with Crippen LogP contribution < -0.4 is 14.2 Å². The van der Waals surface area contributed by atoms with E-state index in [-0.39, 0.29) is 24.5 Å². The highest BCUT2D eigenvalue weighted by Gasteiger charge is 2.46. The Balaban J connectivity index is 2.26. The van der Waals surface area contributed by atoms with Crippen molar-refractivity contribution in [1.29, 1.82) is 0 Å². The van der Waals surface area contributed by atoms with Crippen LogP contribution in [0.3, 0.4) is 0 Å². The summed E-state index contributed by atoms with van der Waals surface area (Å²) in [6.07, 6.45) is 0. The number of hydrogen-bond donors (Lipinski definition) is 2. The van der Waals surface area contributed by atoms with Crippen LogP contribution >= 0.6 is 11.6 Å². The number of rotatable bonds is 7. The number of ether oxygens (including phenoxy) is 3. The summed E-state index contributed by atoms with van der Waals surface area (Å²) in [6.45, 7) is -0.474. The second kappa shape index (κ2) is 9.28. The molecule has 164 valence electrons. The fraction of sp³-hybridized carbons (Fsp3) is 0.273. The minimum atomic E-state index is -0.975. The first-order chi connectivity index (χ1) is 14.9. The summed E-state index contributed by atoms with van der Waals surface area (Å²) in [7, 11) is 4.34. The van der Waals surface area contributed by atoms with Crippen molar-refractivity contribution in [3.8, 4) is 17.2 Å². The smallest absolute Gasteiger partial charge is 0.295 e. The van der Waals surface area contributed by atoms with Crippen molar-refractivity contribution in [3.05, 3.63) is 58.1 Å². The van der Waals surface area contributed by atoms with Gasteiger partial charge < -0.3 is 29.3 Å². The Kier molecular flexibility index (Phi) is 6.72. The molecule has 1 aliphatic rings. The number of hydrogen-bond acceptors (Lipinski definition) is 7. The average Bonchev–Trinajstić information content (AvgIpc) is 3.03. The van der Waals surface area contributed by atoms with Crippen molar-refractivity contribution in [1.82, 2.24) is 4.90 Å². The first kappa shape index (κ1) is 22.5. The number of carbonyl (C=O) groups excluding carboxylic acids is 2. The number of Topliss-reactive ketones (excluding diaryl/α,β-unsaturated/α-hetero) is 1. The molecule has 3 rings (SSSR count). The number of nitrogens with zero attached hydrogens (tertiary/aromatic N) is 1. The van der Waals surface area contributed by atoms with Gasteiger partial charge in [0.05, 0.1) is 39.6 Å². The van der Waals surface area contributed by atoms with Crippen molar-refractivity contribution in [3.63, 3.8) is 0 Å². The minimum absolute atomic E-state index is 0.108. The van der Waals surface area contributed by atoms with E-state index in [2.05, 4.69) is 0 Å². The third-order valence-corrected chi connectivity index (χ3v) is 5.25. The molecule has 2 aromatic carbocycles. The Labute approximate surface area is 184 Å². The molecule has 31 heavy (non-hydrogen) atoms. The van der Waals surface area contributed by atoms with Gasteiger partial charge in [-0.05, 0) is 42.0 Å². The van der Waals surface area contributed by atoms with E-state index in [9.17, 15) is 19.8 Å². The summed E-state index contributed by atoms with van der Waals surface area (Å²) in [5.74, 6) is -1.07. The lowest BCUT2D eigenvalue weighted by Crippen LogP contribution is -2.32. The first-order valence-corrected chi connectivity index (χ1v) is 9.70. The quantitative estimate of drug-likeness (QED) is 0.382. The third kappa shape index (κ3) is 4.04. The Morgan fingerprint density at radius 2 is 1.61 bits per heavy atom. The molecule has 9 heteroatoms. The van der Waals surface area contributed by atoms with Gasteiger partial charge in [0, 0.05) is 17.1 Å². The number of halogens is 1. The van der Waals surface area contributed by atoms with Crippen molar-refractivity contribution < 1.29 is 34.0 Å². The zero-order valence-electron chi connectivity index (χ0n) is 17.2. The molecule has 0 aromatic heterocycles. The molecule has 1 amide bonds. The van der Waals surface area contributed by atoms with Gasteiger partial charge in [-0.3, -0.25) is 9.59 Å². The maximum absolute atomic E-state index is 12.9. The summed E-state index contributed by atoms with van der Waals surface area (Å²) < 4.78 is 16.1. The minimum Gasteiger partial charge on any atom is -0.507 e. The van der Waals surface area contributed by atoms with Crippen LogP contribution in [0.1, 0.15) is 17.2 Å². The molecule has 0 bridgehead atoms. The molecule has 2 N–H and O–H groups in total. The van der Waals surface area contributed by atoms with E-state index < -0.39 is 17.7 Å². The van der Waals surface area contributed by atoms with Gasteiger partial charge in [-0.2, -0.15) is 0 Å². The molecule has 1 saturated heterocycles. The normalized spacial score (nSPS) is 17.7. The lowest BCUT2D eigenvalue weighted by atomic mass is 9.94. The van der Waals surface area contributed by atoms with Crippen LogP contribution in [0, 0.1) is 0 Å². The molecule has 1 atom stereocenters. The van der Waals surface area contributed by atoms with E-state index in [0.29, 0.717) is 33.4 Å². The van der Waals surface area contributed by atoms with E-state index in [1.807, 2.05) is 0 Å². The first-order valence-electron chi connectivity index (χ1n) is 9.33. The molecule has 1 aliphatic heterocycles. The fourth-order valence-corrected chi connectivity index (χ4v) is 3.71. The van der Waals surface area contributed by atoms with E-state index in [4.69, 9.17) is 25.8 Å². The van der Waals surface area contributed by atoms with Crippen LogP contribution in [0.15, 0.2) is 42.0 Å². The van der Waals surface area contributed by atoms with Gasteiger partial charge in [-0.25, -0.2) is 0 Å². The van der Waals surface area contributed by atoms with Gasteiger partial charge in [0.1, 0.15) is 5.76 Å². The average molecular weight is 448 g/mol. The van der Waals surface area contributed by atoms with Gasteiger partial charge in [0.15, 0.2) is 11.5 Å². The molecule has 0 radical (unpaired) electrons. The number of carbonyl (C=O) groups is 2. The van der Waals surface area contributed by atoms with Gasteiger partial charge in [-0.1, -0.05) is 11.6 Å². The number of amides is 1. The molecule has 0 saturated carbocycles. The maximum Gasteiger partial charge on any atom is 0.295 e. The number of aliphatic hydroxyl groups excluding tert-OH is 2. The Bertz CT molecular complexity index is 1010. The lowest BCUT2D eigenvalue weighted by molar-refractivity contribution is -0.140. The van der Waals surface area contributed by atoms with E-state index in [1.165, 1.54) is 26.2 Å². The second-order valence-corrected chi connectivity index (χ2v) is 7.12. The van der Waals surface area contributed by atoms with Gasteiger partial charge in [0.25, 0.3) is 11.7 Å². The number of β-amino-alcohol motifs (C(OH)–C–C–N with tert-alkyl or cyclic N) is 1. The second-order valence-electron chi connectivity index (χ2n) is 6.68. The molecule has 1 fully saturated rings. The Hall–Kier alpha value is -3.23. The number of methoxy groups -OCH3 is 3. The SMILES string of the molecule is COc1cc(C2C(=C(O)c3ccc(Cl)cc3)C(=O)C(=O)N2CCO)cc(OC)c1OC. The van der Waals surface area contributed by atoms with Gasteiger partial charge >= 0.3 is 0 Å². The van der Waals surface area contributed by atoms with E-state index >= 15 is 0 Å². The topological polar surface area (TPSA) is 106 Å². The molecule has 1 heterocycles. The number of benzene rings is 2. The summed E-state index contributed by atoms with van der Waals surface area (Å²) in [5, 5.41) is 20.9. The molecule has 0 spiro atoms. The maximum atomic E-state index is 12.9. The van der Waals surface area contributed by atoms with E-state index in [0.717, 1.165) is 0 Å². The lowest BCUT2D eigenvalue weighted by Gasteiger charge is -2.26. The highest BCUT2D eigenvalue weighted by Crippen LogP contribution is 2.45. The van der Waals surface area contributed by atoms with Crippen molar-refractivity contribution in [2.75, 3.05) is 34.5 Å². The van der Waals surface area contributed by atoms with Crippen LogP contribution in [0.5, 0.6) is 17.2 Å². The van der Waals surface area contributed by atoms with Crippen molar-refractivity contribution >= 4 is 29.1 Å². The molecule has 0 aliphatic carbocycles. The zero-order chi connectivity index (χ0) is 22.7. The Morgan fingerprint density at radius 1 is 1.03 bits per heavy atom. The van der Waals surface area contributed by atoms with Crippen LogP contribution in [-0.4, -0.2) is 61.3 Å². The summed E-state index contributed by atoms with van der Waals surface area (Å²) in [5.41, 5.74) is 0.650. The third-order valence-electron chi connectivity index (χ3n) is 5.00. The van der Waals surface area contributed by atoms with Crippen LogP contribution in [0.2, 0.25) is 5.02 Å². The molecular weight excluding hydrogens is 426 g/mol. The number of likely N-dealkylation sites (tertiary alicyclic amines) is 1. The van der Waals surface area contributed by atoms with E-state index in [1.54, 1.807) is 36.4 Å². The number of ketones is 1. The monoisotopic (exact) mass is 447 g/mol. The predicted octanol–water partition coefficient (Wildman–Crippen LogP) is 2.78. The Morgan fingerprint density at radius 3 is 2.10 bits per heavy atom. The highest BCUT2D eigenvalue weighted by molar-refractivity contribution is 6.46. The van der Waals surface area contributed by atoms with Gasteiger partial charge in [-0.15, -0.1) is 0 Å². The molecular formula is C22H22ClNO7. The van der Waals surface area contributed by atoms with Crippen LogP contribution in [0.25, 0.3) is 5.76 Å². The standard InChI is InChI=1S/C22H22ClNO7/c1-29-15-10-13(11-16(30-2)21(15)31-3)18-17(20(27)22(28)24(18)8-9-25)19(26)12-4-6-14(23)7-5-12/h4-7,10-11,18,25-26H,8-9H2,1-3H3. The highest BCUT2D eigenvalue weighted by atomic mass is 35.5. The zero-order valence-corrected chi connectivity index (χ0v) is 18.0. The fourth-order valence-electron chi connectivity index (χ4n) is 3.59. The van der Waals surface area contributed by atoms with Crippen LogP contribution in [0.4, 0.5) is 0 Å². The van der Waals surface area contributed by atoms with Crippen molar-refractivity contribution in [2.45, 2.75) is 6.04 Å². The largest absolute Gasteiger partial charge is 0.507 e. The number of aliphatic hydroxyl groups is 2.